The summed E-state index contributed by atoms with van der Waals surface area (Å²) in [7, 11) is 0. The minimum Gasteiger partial charge on any atom is -0.370 e. The molecule has 0 spiro atoms. The summed E-state index contributed by atoms with van der Waals surface area (Å²) in [6.07, 6.45) is -0.0221. The Hall–Kier alpha value is -0.160. The predicted octanol–water partition coefficient (Wildman–Crippen LogP) is 3.73. The van der Waals surface area contributed by atoms with Crippen LogP contribution in [-0.2, 0) is 4.74 Å². The van der Waals surface area contributed by atoms with E-state index in [2.05, 4.69) is 22.6 Å². The van der Waals surface area contributed by atoms with Crippen LogP contribution in [-0.4, -0.2) is 10.5 Å². The van der Waals surface area contributed by atoms with E-state index in [1.54, 1.807) is 12.1 Å². The van der Waals surface area contributed by atoms with Crippen molar-refractivity contribution in [2.75, 3.05) is 4.43 Å². The summed E-state index contributed by atoms with van der Waals surface area (Å²) in [5, 5.41) is 0. The molecule has 0 aromatic heterocycles. The molecule has 0 heterocycles. The summed E-state index contributed by atoms with van der Waals surface area (Å²) in [5.41, 5.74) is 0.649. The van der Waals surface area contributed by atoms with Crippen LogP contribution < -0.4 is 0 Å². The van der Waals surface area contributed by atoms with Crippen LogP contribution in [0.15, 0.2) is 24.3 Å². The summed E-state index contributed by atoms with van der Waals surface area (Å²) in [6, 6.07) is 6.78. The maximum Gasteiger partial charge on any atom is 0.129 e. The fourth-order valence-corrected chi connectivity index (χ4v) is 1.94. The maximum absolute atomic E-state index is 13.4. The predicted molar refractivity (Wildman–Crippen MR) is 64.2 cm³/mol. The number of benzene rings is 1. The van der Waals surface area contributed by atoms with Crippen molar-refractivity contribution in [3.8, 4) is 0 Å². The van der Waals surface area contributed by atoms with Gasteiger partial charge >= 0.3 is 0 Å². The highest BCUT2D eigenvalue weighted by molar-refractivity contribution is 14.1. The van der Waals surface area contributed by atoms with Crippen LogP contribution in [0.1, 0.15) is 25.5 Å². The van der Waals surface area contributed by atoms with Gasteiger partial charge < -0.3 is 4.74 Å². The molecule has 1 rings (SSSR count). The van der Waals surface area contributed by atoms with Crippen molar-refractivity contribution < 1.29 is 9.13 Å². The number of halogens is 2. The molecule has 0 bridgehead atoms. The van der Waals surface area contributed by atoms with Gasteiger partial charge in [0.1, 0.15) is 5.82 Å². The molecule has 0 saturated carbocycles. The van der Waals surface area contributed by atoms with Crippen LogP contribution in [0, 0.1) is 5.82 Å². The first-order valence-corrected chi connectivity index (χ1v) is 6.13. The van der Waals surface area contributed by atoms with Gasteiger partial charge in [0.15, 0.2) is 0 Å². The zero-order chi connectivity index (χ0) is 10.6. The van der Waals surface area contributed by atoms with Crippen molar-refractivity contribution in [2.45, 2.75) is 26.1 Å². The topological polar surface area (TPSA) is 9.23 Å². The van der Waals surface area contributed by atoms with E-state index in [0.29, 0.717) is 5.56 Å². The van der Waals surface area contributed by atoms with Gasteiger partial charge in [-0.05, 0) is 19.9 Å². The Bertz CT molecular complexity index is 288. The molecule has 0 saturated heterocycles. The van der Waals surface area contributed by atoms with Crippen LogP contribution in [0.25, 0.3) is 0 Å². The molecule has 0 aliphatic heterocycles. The van der Waals surface area contributed by atoms with Gasteiger partial charge in [-0.1, -0.05) is 40.8 Å². The Morgan fingerprint density at radius 1 is 1.36 bits per heavy atom. The number of alkyl halides is 1. The average Bonchev–Trinajstić information content (AvgIpc) is 2.15. The van der Waals surface area contributed by atoms with Crippen molar-refractivity contribution in [3.63, 3.8) is 0 Å². The van der Waals surface area contributed by atoms with E-state index in [-0.39, 0.29) is 18.0 Å². The first kappa shape index (κ1) is 11.9. The summed E-state index contributed by atoms with van der Waals surface area (Å²) in [4.78, 5) is 0. The highest BCUT2D eigenvalue weighted by Gasteiger charge is 2.15. The highest BCUT2D eigenvalue weighted by atomic mass is 127. The van der Waals surface area contributed by atoms with Crippen LogP contribution in [0.5, 0.6) is 0 Å². The third-order valence-corrected chi connectivity index (χ3v) is 2.63. The quantitative estimate of drug-likeness (QED) is 0.608. The zero-order valence-corrected chi connectivity index (χ0v) is 10.5. The molecule has 0 aliphatic carbocycles. The number of hydrogen-bond donors (Lipinski definition) is 0. The van der Waals surface area contributed by atoms with E-state index < -0.39 is 0 Å². The monoisotopic (exact) mass is 308 g/mol. The maximum atomic E-state index is 13.4. The van der Waals surface area contributed by atoms with Gasteiger partial charge in [0.25, 0.3) is 0 Å². The summed E-state index contributed by atoms with van der Waals surface area (Å²) < 4.78 is 19.8. The van der Waals surface area contributed by atoms with Crippen molar-refractivity contribution in [2.24, 2.45) is 0 Å². The molecule has 78 valence electrons. The summed E-state index contributed by atoms with van der Waals surface area (Å²) in [6.45, 7) is 3.92. The van der Waals surface area contributed by atoms with Crippen molar-refractivity contribution in [1.82, 2.24) is 0 Å². The smallest absolute Gasteiger partial charge is 0.129 e. The number of ether oxygens (including phenoxy) is 1. The highest BCUT2D eigenvalue weighted by Crippen LogP contribution is 2.23. The molecule has 0 aliphatic rings. The molecule has 0 amide bonds. The van der Waals surface area contributed by atoms with Gasteiger partial charge in [0.05, 0.1) is 12.2 Å². The van der Waals surface area contributed by atoms with Gasteiger partial charge in [0.2, 0.25) is 0 Å². The Balaban J connectivity index is 2.83. The molecule has 1 atom stereocenters. The van der Waals surface area contributed by atoms with Crippen molar-refractivity contribution in [3.05, 3.63) is 35.6 Å². The second-order valence-electron chi connectivity index (χ2n) is 3.35. The van der Waals surface area contributed by atoms with Gasteiger partial charge in [-0.3, -0.25) is 0 Å². The second kappa shape index (κ2) is 5.66. The van der Waals surface area contributed by atoms with E-state index >= 15 is 0 Å². The lowest BCUT2D eigenvalue weighted by Gasteiger charge is -2.18. The lowest BCUT2D eigenvalue weighted by Crippen LogP contribution is -2.13. The third kappa shape index (κ3) is 3.20. The second-order valence-corrected chi connectivity index (χ2v) is 4.23. The van der Waals surface area contributed by atoms with Gasteiger partial charge in [-0.15, -0.1) is 0 Å². The van der Waals surface area contributed by atoms with E-state index in [0.717, 1.165) is 4.43 Å². The first-order chi connectivity index (χ1) is 6.65. The molecule has 0 fully saturated rings. The Morgan fingerprint density at radius 2 is 2.00 bits per heavy atom. The molecule has 0 N–H and O–H groups in total. The van der Waals surface area contributed by atoms with E-state index in [9.17, 15) is 4.39 Å². The number of hydrogen-bond acceptors (Lipinski definition) is 1. The van der Waals surface area contributed by atoms with Crippen LogP contribution in [0.2, 0.25) is 0 Å². The lowest BCUT2D eigenvalue weighted by atomic mass is 10.1. The van der Waals surface area contributed by atoms with Gasteiger partial charge in [0, 0.05) is 9.99 Å². The normalized spacial score (nSPS) is 13.2. The van der Waals surface area contributed by atoms with Crippen molar-refractivity contribution >= 4 is 22.6 Å². The van der Waals surface area contributed by atoms with Crippen LogP contribution >= 0.6 is 22.6 Å². The minimum atomic E-state index is -0.185. The fourth-order valence-electron chi connectivity index (χ4n) is 1.26. The van der Waals surface area contributed by atoms with E-state index in [1.165, 1.54) is 6.07 Å². The molecule has 1 aromatic carbocycles. The SMILES string of the molecule is CC(C)OC(CI)c1ccccc1F. The molecule has 1 nitrogen and oxygen atoms in total. The molecule has 0 radical (unpaired) electrons. The zero-order valence-electron chi connectivity index (χ0n) is 8.34. The fraction of sp³-hybridized carbons (Fsp3) is 0.455. The third-order valence-electron chi connectivity index (χ3n) is 1.83. The number of rotatable bonds is 4. The standard InChI is InChI=1S/C11H14FIO/c1-8(2)14-11(7-13)9-5-3-4-6-10(9)12/h3-6,8,11H,7H2,1-2H3. The van der Waals surface area contributed by atoms with Gasteiger partial charge in [-0.25, -0.2) is 4.39 Å². The lowest BCUT2D eigenvalue weighted by molar-refractivity contribution is 0.0205. The Morgan fingerprint density at radius 3 is 2.50 bits per heavy atom. The first-order valence-electron chi connectivity index (χ1n) is 4.61. The molecule has 14 heavy (non-hydrogen) atoms. The Kier molecular flexibility index (Phi) is 4.81. The van der Waals surface area contributed by atoms with Crippen LogP contribution in [0.3, 0.4) is 0 Å². The molecular formula is C11H14FIO. The van der Waals surface area contributed by atoms with E-state index in [1.807, 2.05) is 19.9 Å². The van der Waals surface area contributed by atoms with Crippen LogP contribution in [0.4, 0.5) is 4.39 Å². The molecule has 1 unspecified atom stereocenters. The van der Waals surface area contributed by atoms with Crippen molar-refractivity contribution in [1.29, 1.82) is 0 Å². The van der Waals surface area contributed by atoms with Gasteiger partial charge in [-0.2, -0.15) is 0 Å². The minimum absolute atomic E-state index is 0.120. The summed E-state index contributed by atoms with van der Waals surface area (Å²) >= 11 is 2.21. The Labute approximate surface area is 97.8 Å². The average molecular weight is 308 g/mol. The largest absolute Gasteiger partial charge is 0.370 e. The molecule has 1 aromatic rings. The molecular weight excluding hydrogens is 294 g/mol. The molecule has 3 heteroatoms. The van der Waals surface area contributed by atoms with E-state index in [4.69, 9.17) is 4.74 Å². The summed E-state index contributed by atoms with van der Waals surface area (Å²) in [5.74, 6) is -0.185.